The van der Waals surface area contributed by atoms with Crippen molar-refractivity contribution in [2.24, 2.45) is 0 Å². The van der Waals surface area contributed by atoms with Crippen molar-refractivity contribution in [1.29, 1.82) is 0 Å². The van der Waals surface area contributed by atoms with E-state index in [9.17, 15) is 5.11 Å². The fourth-order valence-electron chi connectivity index (χ4n) is 2.14. The maximum atomic E-state index is 9.90. The molecule has 20 heavy (non-hydrogen) atoms. The van der Waals surface area contributed by atoms with Gasteiger partial charge in [-0.05, 0) is 18.6 Å². The van der Waals surface area contributed by atoms with E-state index in [2.05, 4.69) is 15.0 Å². The second kappa shape index (κ2) is 4.61. The van der Waals surface area contributed by atoms with Crippen molar-refractivity contribution in [2.45, 2.75) is 6.92 Å². The molecule has 0 atom stereocenters. The highest BCUT2D eigenvalue weighted by molar-refractivity contribution is 6.31. The minimum absolute atomic E-state index is 0.0402. The van der Waals surface area contributed by atoms with Crippen LogP contribution in [0.2, 0.25) is 5.02 Å². The summed E-state index contributed by atoms with van der Waals surface area (Å²) in [5.41, 5.74) is 8.67. The second-order valence-corrected chi connectivity index (χ2v) is 4.79. The van der Waals surface area contributed by atoms with Crippen LogP contribution in [0.5, 0.6) is 5.75 Å². The number of rotatable bonds is 1. The van der Waals surface area contributed by atoms with Gasteiger partial charge in [0.05, 0.1) is 17.3 Å². The zero-order valence-corrected chi connectivity index (χ0v) is 11.4. The fraction of sp³-hybridized carbons (Fsp3) is 0.0714. The van der Waals surface area contributed by atoms with Gasteiger partial charge in [0, 0.05) is 10.6 Å². The average Bonchev–Trinajstić information content (AvgIpc) is 2.43. The highest BCUT2D eigenvalue weighted by Gasteiger charge is 2.15. The summed E-state index contributed by atoms with van der Waals surface area (Å²) in [7, 11) is 0. The van der Waals surface area contributed by atoms with Crippen molar-refractivity contribution in [3.63, 3.8) is 0 Å². The third-order valence-corrected chi connectivity index (χ3v) is 3.61. The number of hydrogen-bond acceptors (Lipinski definition) is 5. The Morgan fingerprint density at radius 3 is 2.80 bits per heavy atom. The molecule has 5 nitrogen and oxygen atoms in total. The van der Waals surface area contributed by atoms with E-state index in [1.165, 1.54) is 12.5 Å². The predicted molar refractivity (Wildman–Crippen MR) is 78.6 cm³/mol. The van der Waals surface area contributed by atoms with Crippen LogP contribution in [0.15, 0.2) is 30.7 Å². The first-order valence-corrected chi connectivity index (χ1v) is 6.31. The van der Waals surface area contributed by atoms with E-state index >= 15 is 0 Å². The van der Waals surface area contributed by atoms with E-state index in [1.807, 2.05) is 25.1 Å². The molecule has 2 aromatic heterocycles. The Morgan fingerprint density at radius 2 is 2.00 bits per heavy atom. The van der Waals surface area contributed by atoms with Crippen LogP contribution in [0.4, 0.5) is 5.82 Å². The van der Waals surface area contributed by atoms with E-state index < -0.39 is 0 Å². The molecule has 2 heterocycles. The topological polar surface area (TPSA) is 84.9 Å². The number of aromatic nitrogens is 3. The predicted octanol–water partition coefficient (Wildman–Crippen LogP) is 2.94. The van der Waals surface area contributed by atoms with Gasteiger partial charge in [0.15, 0.2) is 0 Å². The molecule has 3 rings (SSSR count). The van der Waals surface area contributed by atoms with Gasteiger partial charge in [-0.2, -0.15) is 0 Å². The summed E-state index contributed by atoms with van der Waals surface area (Å²) in [6.07, 6.45) is 2.69. The van der Waals surface area contributed by atoms with Crippen LogP contribution < -0.4 is 5.73 Å². The molecular weight excluding hydrogens is 276 g/mol. The molecule has 3 aromatic rings. The molecule has 6 heteroatoms. The lowest BCUT2D eigenvalue weighted by atomic mass is 10.0. The summed E-state index contributed by atoms with van der Waals surface area (Å²) in [5.74, 6) is 0.178. The Kier molecular flexibility index (Phi) is 2.91. The van der Waals surface area contributed by atoms with Gasteiger partial charge < -0.3 is 10.8 Å². The first-order valence-electron chi connectivity index (χ1n) is 5.93. The van der Waals surface area contributed by atoms with Crippen molar-refractivity contribution in [3.8, 4) is 17.0 Å². The van der Waals surface area contributed by atoms with Crippen LogP contribution in [0.1, 0.15) is 5.56 Å². The Balaban J connectivity index is 2.41. The molecule has 0 aliphatic heterocycles. The van der Waals surface area contributed by atoms with E-state index in [-0.39, 0.29) is 11.6 Å². The van der Waals surface area contributed by atoms with Gasteiger partial charge >= 0.3 is 0 Å². The molecule has 0 fully saturated rings. The molecule has 1 aromatic carbocycles. The Hall–Kier alpha value is -2.40. The Bertz CT molecular complexity index is 811. The van der Waals surface area contributed by atoms with Gasteiger partial charge in [-0.25, -0.2) is 9.97 Å². The van der Waals surface area contributed by atoms with Crippen LogP contribution in [-0.2, 0) is 0 Å². The van der Waals surface area contributed by atoms with Crippen molar-refractivity contribution >= 4 is 28.3 Å². The number of anilines is 1. The quantitative estimate of drug-likeness (QED) is 0.718. The third-order valence-electron chi connectivity index (χ3n) is 3.20. The van der Waals surface area contributed by atoms with E-state index in [1.54, 1.807) is 0 Å². The Labute approximate surface area is 120 Å². The summed E-state index contributed by atoms with van der Waals surface area (Å²) < 4.78 is 0. The average molecular weight is 287 g/mol. The van der Waals surface area contributed by atoms with Gasteiger partial charge in [0.1, 0.15) is 23.4 Å². The minimum Gasteiger partial charge on any atom is -0.505 e. The lowest BCUT2D eigenvalue weighted by Crippen LogP contribution is -1.97. The summed E-state index contributed by atoms with van der Waals surface area (Å²) in [6, 6.07) is 5.56. The molecule has 0 aliphatic carbocycles. The van der Waals surface area contributed by atoms with Crippen molar-refractivity contribution in [2.75, 3.05) is 5.73 Å². The molecule has 0 saturated carbocycles. The molecule has 0 amide bonds. The highest BCUT2D eigenvalue weighted by atomic mass is 35.5. The summed E-state index contributed by atoms with van der Waals surface area (Å²) in [5, 5.41) is 10.9. The molecule has 0 saturated heterocycles. The molecule has 100 valence electrons. The van der Waals surface area contributed by atoms with Crippen molar-refractivity contribution in [3.05, 3.63) is 41.3 Å². The van der Waals surface area contributed by atoms with Crippen molar-refractivity contribution in [1.82, 2.24) is 15.0 Å². The van der Waals surface area contributed by atoms with Crippen LogP contribution in [-0.4, -0.2) is 20.1 Å². The second-order valence-electron chi connectivity index (χ2n) is 4.39. The van der Waals surface area contributed by atoms with Gasteiger partial charge in [0.2, 0.25) is 0 Å². The maximum absolute atomic E-state index is 9.90. The monoisotopic (exact) mass is 286 g/mol. The normalized spacial score (nSPS) is 10.9. The smallest absolute Gasteiger partial charge is 0.147 e. The lowest BCUT2D eigenvalue weighted by Gasteiger charge is -2.10. The number of pyridine rings is 1. The molecule has 0 spiro atoms. The van der Waals surface area contributed by atoms with Crippen LogP contribution in [0, 0.1) is 6.92 Å². The number of fused-ring (bicyclic) bond motifs is 1. The zero-order valence-electron chi connectivity index (χ0n) is 10.6. The van der Waals surface area contributed by atoms with Crippen molar-refractivity contribution < 1.29 is 5.11 Å². The van der Waals surface area contributed by atoms with E-state index in [0.717, 1.165) is 11.1 Å². The lowest BCUT2D eigenvalue weighted by molar-refractivity contribution is 0.479. The van der Waals surface area contributed by atoms with Gasteiger partial charge in [-0.3, -0.25) is 4.98 Å². The maximum Gasteiger partial charge on any atom is 0.147 e. The van der Waals surface area contributed by atoms with Gasteiger partial charge in [0.25, 0.3) is 0 Å². The molecule has 0 radical (unpaired) electrons. The molecular formula is C14H11ClN4O. The first kappa shape index (κ1) is 12.6. The van der Waals surface area contributed by atoms with Crippen LogP contribution in [0.25, 0.3) is 22.2 Å². The van der Waals surface area contributed by atoms with Crippen LogP contribution >= 0.6 is 11.6 Å². The first-order chi connectivity index (χ1) is 9.59. The molecule has 3 N–H and O–H groups in total. The van der Waals surface area contributed by atoms with Gasteiger partial charge in [-0.1, -0.05) is 23.7 Å². The van der Waals surface area contributed by atoms with E-state index in [4.69, 9.17) is 17.3 Å². The summed E-state index contributed by atoms with van der Waals surface area (Å²) >= 11 is 6.14. The zero-order chi connectivity index (χ0) is 14.3. The Morgan fingerprint density at radius 1 is 1.20 bits per heavy atom. The summed E-state index contributed by atoms with van der Waals surface area (Å²) in [4.78, 5) is 12.4. The number of nitrogen functional groups attached to an aromatic ring is 1. The number of nitrogens with zero attached hydrogens (tertiary/aromatic N) is 3. The molecule has 0 bridgehead atoms. The number of nitrogens with two attached hydrogens (primary N) is 1. The van der Waals surface area contributed by atoms with Gasteiger partial charge in [-0.15, -0.1) is 0 Å². The molecule has 0 aliphatic rings. The summed E-state index contributed by atoms with van der Waals surface area (Å²) in [6.45, 7) is 1.91. The largest absolute Gasteiger partial charge is 0.505 e. The number of halogens is 1. The fourth-order valence-corrected chi connectivity index (χ4v) is 2.32. The highest BCUT2D eigenvalue weighted by Crippen LogP contribution is 2.35. The SMILES string of the molecule is Cc1c(Cl)cccc1-c1ncc(O)c2c(N)ncnc12. The standard InChI is InChI=1S/C14H11ClN4O/c1-7-8(3-2-4-9(7)15)12-13-11(10(20)5-17-12)14(16)19-6-18-13/h2-6,20H,1H3,(H2,16,18,19). The molecule has 0 unspecified atom stereocenters. The number of aromatic hydroxyl groups is 1. The number of hydrogen-bond donors (Lipinski definition) is 2. The van der Waals surface area contributed by atoms with Crippen LogP contribution in [0.3, 0.4) is 0 Å². The number of benzene rings is 1. The third kappa shape index (κ3) is 1.83. The minimum atomic E-state index is -0.0402. The van der Waals surface area contributed by atoms with E-state index in [0.29, 0.717) is 21.6 Å².